The van der Waals surface area contributed by atoms with Crippen LogP contribution in [0.25, 0.3) is 0 Å². The second kappa shape index (κ2) is 13.5. The Morgan fingerprint density at radius 2 is 1.92 bits per heavy atom. The van der Waals surface area contributed by atoms with E-state index in [1.54, 1.807) is 0 Å². The molecule has 1 aliphatic carbocycles. The van der Waals surface area contributed by atoms with Crippen molar-refractivity contribution in [1.29, 1.82) is 0 Å². The van der Waals surface area contributed by atoms with E-state index in [-0.39, 0.29) is 11.9 Å². The lowest BCUT2D eigenvalue weighted by molar-refractivity contribution is 0.0825. The van der Waals surface area contributed by atoms with Crippen molar-refractivity contribution in [3.05, 3.63) is 71.3 Å². The number of amides is 1. The molecule has 202 valence electrons. The highest BCUT2D eigenvalue weighted by molar-refractivity contribution is 5.93. The molecule has 5 heteroatoms. The third kappa shape index (κ3) is 7.01. The number of benzene rings is 1. The zero-order chi connectivity index (χ0) is 26.2. The largest absolute Gasteiger partial charge is 0.298 e. The highest BCUT2D eigenvalue weighted by atomic mass is 16.2. The van der Waals surface area contributed by atoms with Crippen LogP contribution in [0.2, 0.25) is 0 Å². The number of nitrogens with zero attached hydrogens (tertiary/aromatic N) is 3. The van der Waals surface area contributed by atoms with Gasteiger partial charge in [0.25, 0.3) is 5.91 Å². The van der Waals surface area contributed by atoms with Crippen LogP contribution in [0.15, 0.2) is 60.2 Å². The second-order valence-electron chi connectivity index (χ2n) is 11.1. The molecule has 2 aliphatic heterocycles. The van der Waals surface area contributed by atoms with Crippen LogP contribution in [-0.4, -0.2) is 65.5 Å². The van der Waals surface area contributed by atoms with Gasteiger partial charge in [0.15, 0.2) is 0 Å². The van der Waals surface area contributed by atoms with Gasteiger partial charge in [-0.05, 0) is 75.1 Å². The van der Waals surface area contributed by atoms with Crippen molar-refractivity contribution in [3.8, 4) is 0 Å². The second-order valence-corrected chi connectivity index (χ2v) is 11.1. The molecule has 3 atom stereocenters. The fourth-order valence-electron chi connectivity index (χ4n) is 6.44. The summed E-state index contributed by atoms with van der Waals surface area (Å²) >= 11 is 0. The molecule has 1 aromatic rings. The van der Waals surface area contributed by atoms with Gasteiger partial charge < -0.3 is 0 Å². The molecule has 0 spiro atoms. The predicted molar refractivity (Wildman–Crippen MR) is 154 cm³/mol. The standard InChI is InChI=1S/C32H48N4O/c1-5-11-30-24-34(19-6-2)22-18-25(4)36(30)31(29-13-10-12-26(7-3)23-29)27-14-16-28(17-15-27)32(37)33-35-20-8-9-21-35/h6,12,14-17,23,25,30-31H,2,5,7-11,13,18-22,24H2,1,3-4H3,(H,33,37). The van der Waals surface area contributed by atoms with Crippen molar-refractivity contribution in [2.75, 3.05) is 32.7 Å². The van der Waals surface area contributed by atoms with Gasteiger partial charge in [0, 0.05) is 50.4 Å². The van der Waals surface area contributed by atoms with Crippen LogP contribution in [-0.2, 0) is 0 Å². The Balaban J connectivity index is 1.67. The quantitative estimate of drug-likeness (QED) is 0.381. The number of rotatable bonds is 10. The van der Waals surface area contributed by atoms with E-state index in [1.165, 1.54) is 29.6 Å². The van der Waals surface area contributed by atoms with Gasteiger partial charge in [-0.1, -0.05) is 56.2 Å². The summed E-state index contributed by atoms with van der Waals surface area (Å²) in [7, 11) is 0. The van der Waals surface area contributed by atoms with Gasteiger partial charge >= 0.3 is 0 Å². The Hall–Kier alpha value is -2.21. The first kappa shape index (κ1) is 27.8. The molecule has 3 aliphatic rings. The van der Waals surface area contributed by atoms with E-state index >= 15 is 0 Å². The molecule has 1 aromatic carbocycles. The average molecular weight is 505 g/mol. The molecular weight excluding hydrogens is 456 g/mol. The monoisotopic (exact) mass is 504 g/mol. The van der Waals surface area contributed by atoms with Gasteiger partial charge in [-0.2, -0.15) is 0 Å². The molecule has 2 heterocycles. The minimum atomic E-state index is 0.00477. The highest BCUT2D eigenvalue weighted by Gasteiger charge is 2.36. The molecule has 37 heavy (non-hydrogen) atoms. The number of carbonyl (C=O) groups excluding carboxylic acids is 1. The van der Waals surface area contributed by atoms with Gasteiger partial charge in [0.05, 0.1) is 6.04 Å². The van der Waals surface area contributed by atoms with Crippen LogP contribution in [0, 0.1) is 0 Å². The SMILES string of the molecule is C=CCN1CCC(C)N(C(C2=CC(CC)=CCC2)c2ccc(C(=O)NN3CCCC3)cc2)C(CCC)C1. The number of nitrogens with one attached hydrogen (secondary N) is 1. The van der Waals surface area contributed by atoms with E-state index in [9.17, 15) is 4.79 Å². The zero-order valence-corrected chi connectivity index (χ0v) is 23.4. The summed E-state index contributed by atoms with van der Waals surface area (Å²) in [6, 6.07) is 9.71. The Kier molecular flexibility index (Phi) is 10.2. The summed E-state index contributed by atoms with van der Waals surface area (Å²) in [6.07, 6.45) is 16.1. The van der Waals surface area contributed by atoms with Gasteiger partial charge in [0.1, 0.15) is 0 Å². The fourth-order valence-corrected chi connectivity index (χ4v) is 6.44. The Morgan fingerprint density at radius 1 is 1.16 bits per heavy atom. The van der Waals surface area contributed by atoms with Gasteiger partial charge in [0.2, 0.25) is 0 Å². The summed E-state index contributed by atoms with van der Waals surface area (Å²) in [5.41, 5.74) is 8.13. The molecule has 3 unspecified atom stereocenters. The number of carbonyl (C=O) groups is 1. The van der Waals surface area contributed by atoms with Crippen LogP contribution in [0.3, 0.4) is 0 Å². The van der Waals surface area contributed by atoms with Crippen LogP contribution >= 0.6 is 0 Å². The maximum atomic E-state index is 12.9. The first-order chi connectivity index (χ1) is 18.0. The molecule has 0 radical (unpaired) electrons. The summed E-state index contributed by atoms with van der Waals surface area (Å²) in [5, 5.41) is 2.05. The lowest BCUT2D eigenvalue weighted by Crippen LogP contribution is -2.47. The van der Waals surface area contributed by atoms with Crippen molar-refractivity contribution in [3.63, 3.8) is 0 Å². The number of hydrazine groups is 1. The summed E-state index contributed by atoms with van der Waals surface area (Å²) in [5.74, 6) is 0.00477. The topological polar surface area (TPSA) is 38.8 Å². The lowest BCUT2D eigenvalue weighted by atomic mass is 9.86. The predicted octanol–water partition coefficient (Wildman–Crippen LogP) is 6.28. The van der Waals surface area contributed by atoms with Gasteiger partial charge in [-0.3, -0.25) is 20.0 Å². The Morgan fingerprint density at radius 3 is 2.59 bits per heavy atom. The van der Waals surface area contributed by atoms with Crippen LogP contribution in [0.1, 0.15) is 94.1 Å². The first-order valence-electron chi connectivity index (χ1n) is 14.7. The van der Waals surface area contributed by atoms with Crippen LogP contribution < -0.4 is 5.43 Å². The molecule has 0 saturated carbocycles. The Labute approximate surface area is 225 Å². The van der Waals surface area contributed by atoms with Crippen molar-refractivity contribution < 1.29 is 4.79 Å². The van der Waals surface area contributed by atoms with E-state index in [0.717, 1.165) is 76.8 Å². The van der Waals surface area contributed by atoms with Crippen molar-refractivity contribution in [2.24, 2.45) is 0 Å². The molecule has 1 amide bonds. The van der Waals surface area contributed by atoms with E-state index < -0.39 is 0 Å². The normalized spacial score (nSPS) is 24.7. The smallest absolute Gasteiger partial charge is 0.265 e. The molecule has 4 rings (SSSR count). The van der Waals surface area contributed by atoms with Crippen molar-refractivity contribution in [2.45, 2.75) is 90.3 Å². The minimum Gasteiger partial charge on any atom is -0.298 e. The summed E-state index contributed by atoms with van der Waals surface area (Å²) in [4.78, 5) is 18.3. The number of hydrogen-bond donors (Lipinski definition) is 1. The van der Waals surface area contributed by atoms with Crippen molar-refractivity contribution in [1.82, 2.24) is 20.2 Å². The van der Waals surface area contributed by atoms with E-state index in [1.807, 2.05) is 17.1 Å². The molecule has 0 bridgehead atoms. The maximum absolute atomic E-state index is 12.9. The number of allylic oxidation sites excluding steroid dienone is 3. The molecule has 2 fully saturated rings. The molecule has 0 aromatic heterocycles. The summed E-state index contributed by atoms with van der Waals surface area (Å²) in [6.45, 7) is 16.1. The van der Waals surface area contributed by atoms with E-state index in [2.05, 4.69) is 72.9 Å². The van der Waals surface area contributed by atoms with Crippen LogP contribution in [0.4, 0.5) is 0 Å². The van der Waals surface area contributed by atoms with Crippen molar-refractivity contribution >= 4 is 5.91 Å². The Bertz CT molecular complexity index is 960. The molecular formula is C32H48N4O. The third-order valence-electron chi connectivity index (χ3n) is 8.39. The first-order valence-corrected chi connectivity index (χ1v) is 14.7. The number of hydrogen-bond acceptors (Lipinski definition) is 4. The van der Waals surface area contributed by atoms with Gasteiger partial charge in [-0.25, -0.2) is 5.01 Å². The average Bonchev–Trinajstić information content (AvgIpc) is 3.38. The van der Waals surface area contributed by atoms with Crippen LogP contribution in [0.5, 0.6) is 0 Å². The van der Waals surface area contributed by atoms with E-state index in [0.29, 0.717) is 12.1 Å². The molecule has 1 N–H and O–H groups in total. The maximum Gasteiger partial charge on any atom is 0.265 e. The summed E-state index contributed by atoms with van der Waals surface area (Å²) < 4.78 is 0. The van der Waals surface area contributed by atoms with Gasteiger partial charge in [-0.15, -0.1) is 6.58 Å². The fraction of sp³-hybridized carbons (Fsp3) is 0.594. The lowest BCUT2D eigenvalue weighted by Gasteiger charge is -2.43. The highest BCUT2D eigenvalue weighted by Crippen LogP contribution is 2.39. The molecule has 2 saturated heterocycles. The van der Waals surface area contributed by atoms with E-state index in [4.69, 9.17) is 0 Å². The minimum absolute atomic E-state index is 0.00477. The zero-order valence-electron chi connectivity index (χ0n) is 23.4. The third-order valence-corrected chi connectivity index (χ3v) is 8.39. The molecule has 5 nitrogen and oxygen atoms in total.